The van der Waals surface area contributed by atoms with Gasteiger partial charge in [0, 0.05) is 22.3 Å². The quantitative estimate of drug-likeness (QED) is 0.323. The van der Waals surface area contributed by atoms with E-state index in [0.717, 1.165) is 28.4 Å². The van der Waals surface area contributed by atoms with Crippen LogP contribution in [0.4, 0.5) is 29.7 Å². The number of nitrogens with one attached hydrogen (secondary N) is 3. The van der Waals surface area contributed by atoms with Crippen LogP contribution in [0.25, 0.3) is 21.5 Å². The van der Waals surface area contributed by atoms with E-state index in [9.17, 15) is 21.6 Å². The number of aromatic nitrogens is 4. The molecule has 0 bridgehead atoms. The predicted molar refractivity (Wildman–Crippen MR) is 117 cm³/mol. The fourth-order valence-electron chi connectivity index (χ4n) is 2.46. The molecule has 0 aliphatic rings. The van der Waals surface area contributed by atoms with Crippen molar-refractivity contribution in [2.45, 2.75) is 6.18 Å². The smallest absolute Gasteiger partial charge is 0.475 e. The number of anilines is 3. The molecule has 4 N–H and O–H groups in total. The number of sulfonamides is 1. The third-order valence-electron chi connectivity index (χ3n) is 3.77. The molecule has 33 heavy (non-hydrogen) atoms. The monoisotopic (exact) mass is 500 g/mol. The number of carboxylic acids is 1. The Morgan fingerprint density at radius 3 is 2.52 bits per heavy atom. The van der Waals surface area contributed by atoms with Gasteiger partial charge in [0.25, 0.3) is 0 Å². The Labute approximate surface area is 188 Å². The molecular formula is C18H15F3N6O4S2. The fraction of sp³-hybridized carbons (Fsp3) is 0.111. The molecule has 10 nitrogen and oxygen atoms in total. The van der Waals surface area contributed by atoms with Gasteiger partial charge in [-0.25, -0.2) is 13.2 Å². The first-order chi connectivity index (χ1) is 15.4. The lowest BCUT2D eigenvalue weighted by Crippen LogP contribution is -2.21. The Hall–Kier alpha value is -3.72. The number of nitrogens with zero attached hydrogens (tertiary/aromatic N) is 3. The van der Waals surface area contributed by atoms with Gasteiger partial charge in [0.05, 0.1) is 18.0 Å². The molecule has 0 atom stereocenters. The van der Waals surface area contributed by atoms with Crippen molar-refractivity contribution in [3.05, 3.63) is 48.7 Å². The molecule has 0 radical (unpaired) electrons. The Balaban J connectivity index is 0.000000383. The SMILES string of the molecule is CS(=O)(=O)Nc1cccc(-c2nnc(Nc3ccc4[nH]ncc4c3)s2)c1.O=C(O)C(F)(F)F. The average molecular weight is 500 g/mol. The molecule has 2 aromatic heterocycles. The van der Waals surface area contributed by atoms with Crippen LogP contribution in [0.3, 0.4) is 0 Å². The number of hydrogen-bond donors (Lipinski definition) is 4. The maximum atomic E-state index is 11.4. The molecule has 0 saturated heterocycles. The first-order valence-electron chi connectivity index (χ1n) is 8.83. The van der Waals surface area contributed by atoms with Crippen molar-refractivity contribution in [2.24, 2.45) is 0 Å². The summed E-state index contributed by atoms with van der Waals surface area (Å²) >= 11 is 1.38. The summed E-state index contributed by atoms with van der Waals surface area (Å²) < 4.78 is 56.9. The lowest BCUT2D eigenvalue weighted by Gasteiger charge is -2.04. The van der Waals surface area contributed by atoms with Crippen LogP contribution in [0.1, 0.15) is 0 Å². The summed E-state index contributed by atoms with van der Waals surface area (Å²) in [6, 6.07) is 12.9. The molecule has 0 amide bonds. The number of carbonyl (C=O) groups is 1. The number of aromatic amines is 1. The van der Waals surface area contributed by atoms with Crippen molar-refractivity contribution in [1.29, 1.82) is 0 Å². The summed E-state index contributed by atoms with van der Waals surface area (Å²) in [6.45, 7) is 0. The molecule has 0 aliphatic heterocycles. The highest BCUT2D eigenvalue weighted by molar-refractivity contribution is 7.92. The van der Waals surface area contributed by atoms with Crippen molar-refractivity contribution in [2.75, 3.05) is 16.3 Å². The van der Waals surface area contributed by atoms with Crippen molar-refractivity contribution in [3.63, 3.8) is 0 Å². The average Bonchev–Trinajstić information content (AvgIpc) is 3.36. The zero-order valence-electron chi connectivity index (χ0n) is 16.6. The molecule has 0 fully saturated rings. The van der Waals surface area contributed by atoms with Gasteiger partial charge in [0.2, 0.25) is 15.2 Å². The molecular weight excluding hydrogens is 485 g/mol. The molecule has 15 heteroatoms. The molecule has 0 saturated carbocycles. The van der Waals surface area contributed by atoms with E-state index in [1.807, 2.05) is 24.3 Å². The van der Waals surface area contributed by atoms with Gasteiger partial charge < -0.3 is 10.4 Å². The van der Waals surface area contributed by atoms with Crippen LogP contribution < -0.4 is 10.0 Å². The molecule has 0 unspecified atom stereocenters. The molecule has 174 valence electrons. The lowest BCUT2D eigenvalue weighted by atomic mass is 10.2. The zero-order valence-corrected chi connectivity index (χ0v) is 18.2. The topological polar surface area (TPSA) is 150 Å². The number of alkyl halides is 3. The minimum atomic E-state index is -5.08. The number of aliphatic carboxylic acids is 1. The van der Waals surface area contributed by atoms with Gasteiger partial charge >= 0.3 is 12.1 Å². The number of halogens is 3. The number of rotatable bonds is 5. The van der Waals surface area contributed by atoms with Crippen molar-refractivity contribution >= 4 is 54.7 Å². The van der Waals surface area contributed by atoms with Gasteiger partial charge in [0.1, 0.15) is 5.01 Å². The second-order valence-electron chi connectivity index (χ2n) is 6.47. The predicted octanol–water partition coefficient (Wildman–Crippen LogP) is 3.83. The fourth-order valence-corrected chi connectivity index (χ4v) is 3.78. The second-order valence-corrected chi connectivity index (χ2v) is 9.19. The summed E-state index contributed by atoms with van der Waals surface area (Å²) in [5.74, 6) is -2.76. The molecule has 0 aliphatic carbocycles. The van der Waals surface area contributed by atoms with Crippen LogP contribution in [0.5, 0.6) is 0 Å². The summed E-state index contributed by atoms with van der Waals surface area (Å²) in [4.78, 5) is 8.90. The van der Waals surface area contributed by atoms with Crippen LogP contribution in [0, 0.1) is 0 Å². The van der Waals surface area contributed by atoms with Gasteiger partial charge in [-0.3, -0.25) is 9.82 Å². The van der Waals surface area contributed by atoms with E-state index in [-0.39, 0.29) is 0 Å². The Morgan fingerprint density at radius 1 is 1.12 bits per heavy atom. The Kier molecular flexibility index (Phi) is 6.83. The van der Waals surface area contributed by atoms with E-state index in [4.69, 9.17) is 9.90 Å². The normalized spacial score (nSPS) is 11.5. The molecule has 2 heterocycles. The van der Waals surface area contributed by atoms with Crippen LogP contribution in [-0.4, -0.2) is 52.3 Å². The van der Waals surface area contributed by atoms with Gasteiger partial charge in [-0.15, -0.1) is 10.2 Å². The van der Waals surface area contributed by atoms with Gasteiger partial charge in [-0.05, 0) is 30.3 Å². The Bertz CT molecular complexity index is 1390. The van der Waals surface area contributed by atoms with Crippen molar-refractivity contribution < 1.29 is 31.5 Å². The number of hydrogen-bond acceptors (Lipinski definition) is 8. The van der Waals surface area contributed by atoms with Gasteiger partial charge in [-0.2, -0.15) is 18.3 Å². The van der Waals surface area contributed by atoms with E-state index in [1.54, 1.807) is 24.4 Å². The maximum Gasteiger partial charge on any atom is 0.490 e. The van der Waals surface area contributed by atoms with Gasteiger partial charge in [0.15, 0.2) is 0 Å². The molecule has 2 aromatic carbocycles. The molecule has 4 rings (SSSR count). The minimum absolute atomic E-state index is 0.486. The summed E-state index contributed by atoms with van der Waals surface area (Å²) in [7, 11) is -3.33. The highest BCUT2D eigenvalue weighted by Crippen LogP contribution is 2.30. The highest BCUT2D eigenvalue weighted by atomic mass is 32.2. The van der Waals surface area contributed by atoms with Crippen molar-refractivity contribution in [1.82, 2.24) is 20.4 Å². The van der Waals surface area contributed by atoms with Crippen LogP contribution in [0.15, 0.2) is 48.7 Å². The van der Waals surface area contributed by atoms with E-state index < -0.39 is 22.2 Å². The van der Waals surface area contributed by atoms with Gasteiger partial charge in [-0.1, -0.05) is 23.5 Å². The van der Waals surface area contributed by atoms with Crippen LogP contribution in [-0.2, 0) is 14.8 Å². The second kappa shape index (κ2) is 9.41. The third kappa shape index (κ3) is 6.88. The number of carboxylic acid groups (broad SMARTS) is 1. The summed E-state index contributed by atoms with van der Waals surface area (Å²) in [5.41, 5.74) is 3.12. The largest absolute Gasteiger partial charge is 0.490 e. The van der Waals surface area contributed by atoms with Crippen molar-refractivity contribution in [3.8, 4) is 10.6 Å². The summed E-state index contributed by atoms with van der Waals surface area (Å²) in [5, 5.41) is 27.9. The van der Waals surface area contributed by atoms with E-state index in [1.165, 1.54) is 11.3 Å². The Morgan fingerprint density at radius 2 is 1.85 bits per heavy atom. The standard InChI is InChI=1S/C16H14N6O2S2.C2HF3O2/c1-26(23,24)22-13-4-2-3-10(7-13)15-20-21-16(25-15)18-12-5-6-14-11(8-12)9-17-19-14;3-2(4,5)1(6)7/h2-9,22H,1H3,(H,17,19)(H,18,21);(H,6,7). The number of H-pyrrole nitrogens is 1. The number of benzene rings is 2. The van der Waals surface area contributed by atoms with Crippen LogP contribution in [0.2, 0.25) is 0 Å². The first-order valence-corrected chi connectivity index (χ1v) is 11.5. The zero-order chi connectivity index (χ0) is 24.2. The maximum absolute atomic E-state index is 11.4. The van der Waals surface area contributed by atoms with E-state index in [0.29, 0.717) is 15.8 Å². The number of fused-ring (bicyclic) bond motifs is 1. The lowest BCUT2D eigenvalue weighted by molar-refractivity contribution is -0.192. The van der Waals surface area contributed by atoms with Crippen LogP contribution >= 0.6 is 11.3 Å². The molecule has 0 spiro atoms. The highest BCUT2D eigenvalue weighted by Gasteiger charge is 2.38. The third-order valence-corrected chi connectivity index (χ3v) is 5.27. The van der Waals surface area contributed by atoms with E-state index in [2.05, 4.69) is 30.4 Å². The molecule has 4 aromatic rings. The summed E-state index contributed by atoms with van der Waals surface area (Å²) in [6.07, 6.45) is -2.21. The van der Waals surface area contributed by atoms with E-state index >= 15 is 0 Å². The first kappa shape index (κ1) is 23.9. The minimum Gasteiger partial charge on any atom is -0.475 e.